The molecule has 0 saturated heterocycles. The second-order valence-corrected chi connectivity index (χ2v) is 14.3. The van der Waals surface area contributed by atoms with Gasteiger partial charge in [-0.15, -0.1) is 0 Å². The average Bonchev–Trinajstić information content (AvgIpc) is 3.97. The van der Waals surface area contributed by atoms with E-state index in [2.05, 4.69) is 120 Å². The van der Waals surface area contributed by atoms with Crippen LogP contribution >= 0.6 is 0 Å². The number of hydrogen-bond donors (Lipinski definition) is 0. The Balaban J connectivity index is 1.10. The molecule has 0 aliphatic rings. The number of benzene rings is 8. The van der Waals surface area contributed by atoms with Crippen LogP contribution in [0.3, 0.4) is 0 Å². The van der Waals surface area contributed by atoms with Crippen LogP contribution in [0.1, 0.15) is 0 Å². The van der Waals surface area contributed by atoms with Crippen molar-refractivity contribution in [2.24, 2.45) is 0 Å². The minimum atomic E-state index is 0.528. The van der Waals surface area contributed by atoms with Crippen molar-refractivity contribution in [3.05, 3.63) is 182 Å². The van der Waals surface area contributed by atoms with Gasteiger partial charge < -0.3 is 13.4 Å². The van der Waals surface area contributed by atoms with Crippen LogP contribution in [0, 0.1) is 0 Å². The van der Waals surface area contributed by atoms with E-state index >= 15 is 0 Å². The van der Waals surface area contributed by atoms with E-state index in [0.29, 0.717) is 17.5 Å². The number of rotatable bonds is 5. The van der Waals surface area contributed by atoms with Crippen molar-refractivity contribution in [3.63, 3.8) is 0 Å². The van der Waals surface area contributed by atoms with Gasteiger partial charge in [-0.2, -0.15) is 0 Å². The molecule has 0 spiro atoms. The molecule has 8 aromatic carbocycles. The third-order valence-corrected chi connectivity index (χ3v) is 11.1. The highest BCUT2D eigenvalue weighted by molar-refractivity contribution is 6.17. The first kappa shape index (κ1) is 31.5. The van der Waals surface area contributed by atoms with Crippen LogP contribution in [0.25, 0.3) is 117 Å². The van der Waals surface area contributed by atoms with Gasteiger partial charge in [0.15, 0.2) is 23.1 Å². The number of nitrogens with zero attached hydrogens (tertiary/aromatic N) is 4. The number of fused-ring (bicyclic) bond motifs is 9. The highest BCUT2D eigenvalue weighted by Gasteiger charge is 2.23. The minimum absolute atomic E-state index is 0.528. The summed E-state index contributed by atoms with van der Waals surface area (Å²) in [6.07, 6.45) is 0. The van der Waals surface area contributed by atoms with Crippen molar-refractivity contribution < 1.29 is 8.83 Å². The van der Waals surface area contributed by atoms with Crippen molar-refractivity contribution in [3.8, 4) is 51.0 Å². The Morgan fingerprint density at radius 1 is 0.333 bits per heavy atom. The summed E-state index contributed by atoms with van der Waals surface area (Å²) in [5.41, 5.74) is 11.1. The highest BCUT2D eigenvalue weighted by atomic mass is 16.3. The Hall–Kier alpha value is -7.83. The second kappa shape index (κ2) is 12.3. The maximum atomic E-state index is 6.83. The maximum absolute atomic E-state index is 6.83. The molecule has 4 heterocycles. The third kappa shape index (κ3) is 4.81. The molecule has 0 aliphatic carbocycles. The predicted molar refractivity (Wildman–Crippen MR) is 230 cm³/mol. The molecule has 0 unspecified atom stereocenters. The second-order valence-electron chi connectivity index (χ2n) is 14.3. The van der Waals surface area contributed by atoms with E-state index in [4.69, 9.17) is 23.8 Å². The molecule has 0 aliphatic heterocycles. The van der Waals surface area contributed by atoms with E-state index in [-0.39, 0.29) is 0 Å². The van der Waals surface area contributed by atoms with Crippen molar-refractivity contribution in [2.75, 3.05) is 0 Å². The Morgan fingerprint density at radius 3 is 1.51 bits per heavy atom. The molecule has 6 heteroatoms. The normalized spacial score (nSPS) is 11.9. The van der Waals surface area contributed by atoms with Gasteiger partial charge in [0.1, 0.15) is 16.7 Å². The number of para-hydroxylation sites is 4. The zero-order valence-corrected chi connectivity index (χ0v) is 30.4. The van der Waals surface area contributed by atoms with Crippen LogP contribution in [0.15, 0.2) is 191 Å². The fourth-order valence-electron chi connectivity index (χ4n) is 8.59. The molecule has 12 rings (SSSR count). The summed E-state index contributed by atoms with van der Waals surface area (Å²) in [7, 11) is 0. The molecule has 0 amide bonds. The molecule has 6 nitrogen and oxygen atoms in total. The van der Waals surface area contributed by atoms with Crippen LogP contribution in [0.5, 0.6) is 0 Å². The molecule has 4 aromatic heterocycles. The fourth-order valence-corrected chi connectivity index (χ4v) is 8.59. The summed E-state index contributed by atoms with van der Waals surface area (Å²) in [6.45, 7) is 0. The number of aromatic nitrogens is 4. The van der Waals surface area contributed by atoms with Crippen molar-refractivity contribution >= 4 is 65.7 Å². The smallest absolute Gasteiger partial charge is 0.167 e. The van der Waals surface area contributed by atoms with Gasteiger partial charge in [-0.3, -0.25) is 0 Å². The minimum Gasteiger partial charge on any atom is -0.455 e. The molecule has 0 bridgehead atoms. The zero-order chi connectivity index (χ0) is 37.5. The lowest BCUT2D eigenvalue weighted by molar-refractivity contribution is 0.666. The quantitative estimate of drug-likeness (QED) is 0.176. The first-order valence-corrected chi connectivity index (χ1v) is 19.0. The Morgan fingerprint density at radius 2 is 0.807 bits per heavy atom. The molecule has 12 aromatic rings. The van der Waals surface area contributed by atoms with E-state index in [0.717, 1.165) is 88.4 Å². The molecule has 0 saturated carbocycles. The van der Waals surface area contributed by atoms with Gasteiger partial charge in [0, 0.05) is 43.4 Å². The first-order chi connectivity index (χ1) is 28.3. The molecule has 0 N–H and O–H groups in total. The average molecular weight is 731 g/mol. The van der Waals surface area contributed by atoms with Gasteiger partial charge in [0.2, 0.25) is 0 Å². The van der Waals surface area contributed by atoms with Crippen molar-refractivity contribution in [1.29, 1.82) is 0 Å². The lowest BCUT2D eigenvalue weighted by Gasteiger charge is -2.10. The zero-order valence-electron chi connectivity index (χ0n) is 30.4. The van der Waals surface area contributed by atoms with Crippen LogP contribution in [0.4, 0.5) is 0 Å². The Labute approximate surface area is 325 Å². The predicted octanol–water partition coefficient (Wildman–Crippen LogP) is 13.4. The lowest BCUT2D eigenvalue weighted by atomic mass is 9.99. The fraction of sp³-hybridized carbons (Fsp3) is 0. The number of hydrogen-bond acceptors (Lipinski definition) is 5. The molecule has 0 fully saturated rings. The molecule has 57 heavy (non-hydrogen) atoms. The van der Waals surface area contributed by atoms with E-state index in [1.165, 1.54) is 10.8 Å². The molecular weight excluding hydrogens is 701 g/mol. The number of furan rings is 2. The summed E-state index contributed by atoms with van der Waals surface area (Å²) in [5.74, 6) is 1.65. The van der Waals surface area contributed by atoms with Crippen molar-refractivity contribution in [2.45, 2.75) is 0 Å². The van der Waals surface area contributed by atoms with E-state index in [9.17, 15) is 0 Å². The van der Waals surface area contributed by atoms with E-state index in [1.54, 1.807) is 0 Å². The van der Waals surface area contributed by atoms with Gasteiger partial charge >= 0.3 is 0 Å². The van der Waals surface area contributed by atoms with Crippen LogP contribution in [0.2, 0.25) is 0 Å². The standard InChI is InChI=1S/C51H30N4O2/c1-3-15-31(16-4-1)33-21-13-29-43-45(33)36-22-11-25-39(47(36)56-43)51-53-49(32-17-5-2-6-18-32)52-50(54-51)38-24-14-30-44-46(38)37-23-12-28-42(48(37)57-44)55-40-26-9-7-19-34(40)35-20-8-10-27-41(35)55/h1-30H. The largest absolute Gasteiger partial charge is 0.455 e. The Bertz CT molecular complexity index is 3470. The van der Waals surface area contributed by atoms with Crippen LogP contribution in [-0.2, 0) is 0 Å². The van der Waals surface area contributed by atoms with Gasteiger partial charge in [-0.25, -0.2) is 15.0 Å². The summed E-state index contributed by atoms with van der Waals surface area (Å²) < 4.78 is 15.8. The van der Waals surface area contributed by atoms with Gasteiger partial charge in [0.05, 0.1) is 22.3 Å². The van der Waals surface area contributed by atoms with E-state index < -0.39 is 0 Å². The topological polar surface area (TPSA) is 69.9 Å². The van der Waals surface area contributed by atoms with Crippen molar-refractivity contribution in [1.82, 2.24) is 19.5 Å². The van der Waals surface area contributed by atoms with Crippen LogP contribution in [-0.4, -0.2) is 19.5 Å². The van der Waals surface area contributed by atoms with Crippen LogP contribution < -0.4 is 0 Å². The molecule has 266 valence electrons. The van der Waals surface area contributed by atoms with Gasteiger partial charge in [0.25, 0.3) is 0 Å². The summed E-state index contributed by atoms with van der Waals surface area (Å²) >= 11 is 0. The summed E-state index contributed by atoms with van der Waals surface area (Å²) in [4.78, 5) is 15.6. The maximum Gasteiger partial charge on any atom is 0.167 e. The van der Waals surface area contributed by atoms with E-state index in [1.807, 2.05) is 66.7 Å². The Kier molecular flexibility index (Phi) is 6.83. The SMILES string of the molecule is c1ccc(-c2nc(-c3cccc4c3oc3cccc(-c5ccccc5)c34)nc(-c3cccc4oc5c(-n6c7ccccc7c7ccccc76)cccc5c34)n2)cc1. The monoisotopic (exact) mass is 730 g/mol. The highest BCUT2D eigenvalue weighted by Crippen LogP contribution is 2.43. The molecule has 0 radical (unpaired) electrons. The van der Waals surface area contributed by atoms with Gasteiger partial charge in [-0.05, 0) is 47.5 Å². The third-order valence-electron chi connectivity index (χ3n) is 11.1. The summed E-state index contributed by atoms with van der Waals surface area (Å²) in [6, 6.07) is 62.5. The lowest BCUT2D eigenvalue weighted by Crippen LogP contribution is -2.00. The van der Waals surface area contributed by atoms with Gasteiger partial charge in [-0.1, -0.05) is 146 Å². The molecular formula is C51H30N4O2. The summed E-state index contributed by atoms with van der Waals surface area (Å²) in [5, 5.41) is 6.39. The first-order valence-electron chi connectivity index (χ1n) is 19.0. The molecule has 0 atom stereocenters.